The van der Waals surface area contributed by atoms with E-state index >= 15 is 0 Å². The predicted molar refractivity (Wildman–Crippen MR) is 112 cm³/mol. The summed E-state index contributed by atoms with van der Waals surface area (Å²) in [5.41, 5.74) is 0. The Morgan fingerprint density at radius 2 is 1.04 bits per heavy atom. The minimum atomic E-state index is -0.952. The summed E-state index contributed by atoms with van der Waals surface area (Å²) in [5.74, 6) is -0.197. The van der Waals surface area contributed by atoms with Crippen LogP contribution in [0.2, 0.25) is 0 Å². The Kier molecular flexibility index (Phi) is 16.7. The summed E-state index contributed by atoms with van der Waals surface area (Å²) >= 11 is 8.13. The van der Waals surface area contributed by atoms with Crippen LogP contribution in [-0.4, -0.2) is 10.2 Å². The molecule has 0 rings (SSSR count). The molecule has 0 saturated heterocycles. The maximum atomic E-state index is 11.5. The summed E-state index contributed by atoms with van der Waals surface area (Å²) < 4.78 is 4.09. The summed E-state index contributed by atoms with van der Waals surface area (Å²) in [6, 6.07) is 0. The summed E-state index contributed by atoms with van der Waals surface area (Å²) in [4.78, 5) is 11.5. The maximum absolute atomic E-state index is 11.5. The molecule has 0 aliphatic rings. The first-order valence-corrected chi connectivity index (χ1v) is 11.0. The maximum Gasteiger partial charge on any atom is 0.307 e. The third kappa shape index (κ3) is 20.2. The lowest BCUT2D eigenvalue weighted by Gasteiger charge is -2.17. The van der Waals surface area contributed by atoms with Gasteiger partial charge < -0.3 is 4.74 Å². The number of ether oxygens (including phenoxy) is 1. The Morgan fingerprint density at radius 1 is 0.708 bits per heavy atom. The molecule has 0 unspecified atom stereocenters. The Hall–Kier alpha value is 0.170. The number of thiol groups is 2. The second-order valence-corrected chi connectivity index (χ2v) is 9.17. The molecule has 0 bridgehead atoms. The van der Waals surface area contributed by atoms with Crippen molar-refractivity contribution in [2.75, 3.05) is 0 Å². The highest BCUT2D eigenvalue weighted by Crippen LogP contribution is 2.21. The SMILES string of the molecule is CCCCCCCCCCCCCCCCCC(=O)OC(C)(S)S. The molecule has 0 spiro atoms. The van der Waals surface area contributed by atoms with E-state index in [0.29, 0.717) is 6.42 Å². The second-order valence-electron chi connectivity index (χ2n) is 7.11. The quantitative estimate of drug-likeness (QED) is 0.120. The van der Waals surface area contributed by atoms with Crippen LogP contribution >= 0.6 is 25.3 Å². The van der Waals surface area contributed by atoms with Gasteiger partial charge in [-0.05, 0) is 13.3 Å². The summed E-state index contributed by atoms with van der Waals surface area (Å²) in [7, 11) is 0. The monoisotopic (exact) mass is 376 g/mol. The molecular formula is C20H40O2S2. The molecule has 0 aliphatic heterocycles. The summed E-state index contributed by atoms with van der Waals surface area (Å²) in [5, 5.41) is 0. The zero-order valence-electron chi connectivity index (χ0n) is 16.0. The van der Waals surface area contributed by atoms with Gasteiger partial charge in [0.1, 0.15) is 0 Å². The molecule has 0 aromatic rings. The van der Waals surface area contributed by atoms with Crippen LogP contribution in [0.4, 0.5) is 0 Å². The molecule has 0 aromatic carbocycles. The zero-order valence-corrected chi connectivity index (χ0v) is 17.8. The minimum absolute atomic E-state index is 0.197. The second kappa shape index (κ2) is 16.6. The Labute approximate surface area is 161 Å². The van der Waals surface area contributed by atoms with Gasteiger partial charge in [-0.15, -0.1) is 25.3 Å². The standard InChI is InChI=1S/C20H40O2S2/c1-3-4-5-6-7-8-9-10-11-12-13-14-15-16-17-18-19(21)22-20(2,23)24/h23-24H,3-18H2,1-2H3. The molecule has 0 fully saturated rings. The smallest absolute Gasteiger partial charge is 0.307 e. The fourth-order valence-corrected chi connectivity index (χ4v) is 3.11. The van der Waals surface area contributed by atoms with Gasteiger partial charge in [-0.25, -0.2) is 0 Å². The average Bonchev–Trinajstić information content (AvgIpc) is 2.49. The first-order chi connectivity index (χ1) is 11.5. The Morgan fingerprint density at radius 3 is 1.38 bits per heavy atom. The molecule has 0 heterocycles. The Balaban J connectivity index is 3.14. The van der Waals surface area contributed by atoms with Crippen LogP contribution in [0, 0.1) is 0 Å². The zero-order chi connectivity index (χ0) is 18.1. The van der Waals surface area contributed by atoms with Gasteiger partial charge in [0.05, 0.1) is 0 Å². The van der Waals surface area contributed by atoms with E-state index in [9.17, 15) is 4.79 Å². The van der Waals surface area contributed by atoms with Gasteiger partial charge in [0.2, 0.25) is 0 Å². The van der Waals surface area contributed by atoms with Crippen LogP contribution in [0.5, 0.6) is 0 Å². The molecular weight excluding hydrogens is 336 g/mol. The molecule has 4 heteroatoms. The van der Waals surface area contributed by atoms with Crippen molar-refractivity contribution in [3.05, 3.63) is 0 Å². The van der Waals surface area contributed by atoms with E-state index in [1.807, 2.05) is 0 Å². The number of hydrogen-bond acceptors (Lipinski definition) is 4. The fourth-order valence-electron chi connectivity index (χ4n) is 2.91. The molecule has 0 aromatic heterocycles. The van der Waals surface area contributed by atoms with E-state index in [-0.39, 0.29) is 5.97 Å². The van der Waals surface area contributed by atoms with Crippen molar-refractivity contribution in [3.63, 3.8) is 0 Å². The number of carbonyl (C=O) groups excluding carboxylic acids is 1. The predicted octanol–water partition coefficient (Wildman–Crippen LogP) is 7.32. The molecule has 0 saturated carbocycles. The van der Waals surface area contributed by atoms with E-state index < -0.39 is 4.27 Å². The average molecular weight is 377 g/mol. The minimum Gasteiger partial charge on any atom is -0.439 e. The van der Waals surface area contributed by atoms with E-state index in [1.165, 1.54) is 83.5 Å². The van der Waals surface area contributed by atoms with Crippen molar-refractivity contribution in [2.45, 2.75) is 121 Å². The molecule has 0 N–H and O–H groups in total. The van der Waals surface area contributed by atoms with Crippen molar-refractivity contribution in [2.24, 2.45) is 0 Å². The third-order valence-electron chi connectivity index (χ3n) is 4.29. The summed E-state index contributed by atoms with van der Waals surface area (Å²) in [6.45, 7) is 3.93. The summed E-state index contributed by atoms with van der Waals surface area (Å²) in [6.07, 6.45) is 20.4. The van der Waals surface area contributed by atoms with Crippen molar-refractivity contribution >= 4 is 31.2 Å². The van der Waals surface area contributed by atoms with Crippen LogP contribution in [0.15, 0.2) is 0 Å². The van der Waals surface area contributed by atoms with Crippen molar-refractivity contribution in [3.8, 4) is 0 Å². The van der Waals surface area contributed by atoms with Crippen molar-refractivity contribution < 1.29 is 9.53 Å². The number of rotatable bonds is 17. The van der Waals surface area contributed by atoms with Gasteiger partial charge in [-0.2, -0.15) is 0 Å². The molecule has 24 heavy (non-hydrogen) atoms. The first kappa shape index (κ1) is 24.2. The highest BCUT2D eigenvalue weighted by Gasteiger charge is 2.17. The van der Waals surface area contributed by atoms with Crippen LogP contribution in [0.25, 0.3) is 0 Å². The van der Waals surface area contributed by atoms with Crippen molar-refractivity contribution in [1.82, 2.24) is 0 Å². The fraction of sp³-hybridized carbons (Fsp3) is 0.950. The molecule has 2 nitrogen and oxygen atoms in total. The van der Waals surface area contributed by atoms with Crippen LogP contribution in [0.3, 0.4) is 0 Å². The number of esters is 1. The van der Waals surface area contributed by atoms with Crippen molar-refractivity contribution in [1.29, 1.82) is 0 Å². The molecule has 0 atom stereocenters. The van der Waals surface area contributed by atoms with E-state index in [0.717, 1.165) is 12.8 Å². The number of carbonyl (C=O) groups is 1. The van der Waals surface area contributed by atoms with Gasteiger partial charge in [0.25, 0.3) is 0 Å². The molecule has 0 aliphatic carbocycles. The van der Waals surface area contributed by atoms with E-state index in [4.69, 9.17) is 4.74 Å². The van der Waals surface area contributed by atoms with Crippen LogP contribution in [0.1, 0.15) is 117 Å². The number of unbranched alkanes of at least 4 members (excludes halogenated alkanes) is 14. The van der Waals surface area contributed by atoms with Gasteiger partial charge in [-0.1, -0.05) is 96.8 Å². The number of hydrogen-bond donors (Lipinski definition) is 2. The lowest BCUT2D eigenvalue weighted by atomic mass is 10.0. The highest BCUT2D eigenvalue weighted by atomic mass is 32.2. The lowest BCUT2D eigenvalue weighted by Crippen LogP contribution is -2.18. The first-order valence-electron chi connectivity index (χ1n) is 10.1. The highest BCUT2D eigenvalue weighted by molar-refractivity contribution is 8.00. The van der Waals surface area contributed by atoms with Gasteiger partial charge in [-0.3, -0.25) is 4.79 Å². The van der Waals surface area contributed by atoms with Gasteiger partial charge >= 0.3 is 5.97 Å². The van der Waals surface area contributed by atoms with Crippen LogP contribution in [-0.2, 0) is 9.53 Å². The lowest BCUT2D eigenvalue weighted by molar-refractivity contribution is -0.145. The normalized spacial score (nSPS) is 11.7. The molecule has 0 radical (unpaired) electrons. The largest absolute Gasteiger partial charge is 0.439 e. The van der Waals surface area contributed by atoms with E-state index in [1.54, 1.807) is 6.92 Å². The molecule has 0 amide bonds. The van der Waals surface area contributed by atoms with Gasteiger partial charge in [0, 0.05) is 6.42 Å². The van der Waals surface area contributed by atoms with E-state index in [2.05, 4.69) is 32.2 Å². The van der Waals surface area contributed by atoms with Gasteiger partial charge in [0.15, 0.2) is 4.27 Å². The molecule has 144 valence electrons. The van der Waals surface area contributed by atoms with Crippen LogP contribution < -0.4 is 0 Å². The topological polar surface area (TPSA) is 26.3 Å². The Bertz CT molecular complexity index is 288. The third-order valence-corrected chi connectivity index (χ3v) is 4.47.